The van der Waals surface area contributed by atoms with Gasteiger partial charge in [-0.05, 0) is 36.4 Å². The number of thioether (sulfide) groups is 1. The summed E-state index contributed by atoms with van der Waals surface area (Å²) in [7, 11) is 1.33. The van der Waals surface area contributed by atoms with Crippen molar-refractivity contribution in [2.24, 2.45) is 0 Å². The molecular weight excluding hydrogens is 426 g/mol. The maximum atomic E-state index is 13.0. The lowest BCUT2D eigenvalue weighted by Crippen LogP contribution is -2.30. The monoisotopic (exact) mass is 449 g/mol. The number of ether oxygens (including phenoxy) is 2. The molecule has 1 aliphatic heterocycles. The number of aromatic amines is 1. The Morgan fingerprint density at radius 2 is 1.84 bits per heavy atom. The Hall–Kier alpha value is -3.52. The second-order valence-electron chi connectivity index (χ2n) is 7.27. The number of benzene rings is 2. The molecule has 0 unspecified atom stereocenters. The molecule has 1 aliphatic rings. The summed E-state index contributed by atoms with van der Waals surface area (Å²) in [5.74, 6) is 0.0203. The van der Waals surface area contributed by atoms with Crippen molar-refractivity contribution in [2.75, 3.05) is 18.7 Å². The van der Waals surface area contributed by atoms with Crippen LogP contribution >= 0.6 is 11.8 Å². The van der Waals surface area contributed by atoms with Crippen molar-refractivity contribution >= 4 is 23.5 Å². The molecule has 0 spiro atoms. The Balaban J connectivity index is 1.71. The third-order valence-electron chi connectivity index (χ3n) is 5.28. The fourth-order valence-electron chi connectivity index (χ4n) is 3.74. The molecule has 1 aromatic heterocycles. The zero-order chi connectivity index (χ0) is 22.7. The maximum absolute atomic E-state index is 13.0. The molecule has 164 valence electrons. The number of rotatable bonds is 6. The largest absolute Gasteiger partial charge is 0.489 e. The van der Waals surface area contributed by atoms with Crippen LogP contribution in [0, 0.1) is 0 Å². The molecule has 1 atom stereocenters. The summed E-state index contributed by atoms with van der Waals surface area (Å²) in [6.45, 7) is 2.23. The molecule has 0 fully saturated rings. The molecule has 0 saturated carbocycles. The number of esters is 1. The first-order valence-electron chi connectivity index (χ1n) is 10.0. The standard InChI is InChI=1S/C24H23N3O4S/c1-14-18(23(29)30-2)19(20-21(25-14)26-24(32-3)27-22(20)28)16-9-11-17(12-10-16)31-13-15-7-5-4-6-8-15/h4-12,19H,13H2,1-3H3,(H2,25,26,27,28)/t19-/m1/s1. The number of carbonyl (C=O) groups excluding carboxylic acids is 1. The number of carbonyl (C=O) groups is 1. The van der Waals surface area contributed by atoms with Gasteiger partial charge in [0, 0.05) is 5.70 Å². The van der Waals surface area contributed by atoms with Gasteiger partial charge in [0.15, 0.2) is 5.16 Å². The second-order valence-corrected chi connectivity index (χ2v) is 8.06. The lowest BCUT2D eigenvalue weighted by molar-refractivity contribution is -0.136. The van der Waals surface area contributed by atoms with E-state index in [9.17, 15) is 9.59 Å². The molecule has 2 aromatic carbocycles. The lowest BCUT2D eigenvalue weighted by atomic mass is 9.82. The van der Waals surface area contributed by atoms with E-state index in [1.165, 1.54) is 18.9 Å². The van der Waals surface area contributed by atoms with Crippen LogP contribution in [-0.2, 0) is 16.1 Å². The number of anilines is 1. The molecule has 7 nitrogen and oxygen atoms in total. The number of nitrogens with one attached hydrogen (secondary N) is 2. The summed E-state index contributed by atoms with van der Waals surface area (Å²) in [4.78, 5) is 32.9. The summed E-state index contributed by atoms with van der Waals surface area (Å²) in [5.41, 5.74) is 2.90. The normalized spacial score (nSPS) is 15.0. The molecule has 0 saturated heterocycles. The molecule has 0 amide bonds. The smallest absolute Gasteiger partial charge is 0.336 e. The van der Waals surface area contributed by atoms with E-state index in [1.807, 2.05) is 60.9 Å². The average Bonchev–Trinajstić information content (AvgIpc) is 2.82. The quantitative estimate of drug-likeness (QED) is 0.333. The topological polar surface area (TPSA) is 93.3 Å². The number of fused-ring (bicyclic) bond motifs is 1. The second kappa shape index (κ2) is 9.32. The minimum atomic E-state index is -0.617. The molecule has 2 N–H and O–H groups in total. The first-order valence-corrected chi connectivity index (χ1v) is 11.2. The van der Waals surface area contributed by atoms with Crippen LogP contribution in [0.4, 0.5) is 5.82 Å². The van der Waals surface area contributed by atoms with Crippen LogP contribution in [0.3, 0.4) is 0 Å². The molecule has 0 aliphatic carbocycles. The number of allylic oxidation sites excluding steroid dienone is 1. The molecule has 2 heterocycles. The van der Waals surface area contributed by atoms with Gasteiger partial charge >= 0.3 is 5.97 Å². The van der Waals surface area contributed by atoms with Gasteiger partial charge in [-0.15, -0.1) is 0 Å². The highest BCUT2D eigenvalue weighted by atomic mass is 32.2. The highest BCUT2D eigenvalue weighted by Crippen LogP contribution is 2.40. The van der Waals surface area contributed by atoms with E-state index in [1.54, 1.807) is 6.92 Å². The Kier molecular flexibility index (Phi) is 6.32. The van der Waals surface area contributed by atoms with Crippen molar-refractivity contribution in [3.63, 3.8) is 0 Å². The van der Waals surface area contributed by atoms with Crippen molar-refractivity contribution in [3.8, 4) is 5.75 Å². The summed E-state index contributed by atoms with van der Waals surface area (Å²) in [6, 6.07) is 17.3. The number of hydrogen-bond acceptors (Lipinski definition) is 7. The van der Waals surface area contributed by atoms with Crippen LogP contribution in [0.25, 0.3) is 0 Å². The fraction of sp³-hybridized carbons (Fsp3) is 0.208. The van der Waals surface area contributed by atoms with Gasteiger partial charge in [-0.3, -0.25) is 4.79 Å². The van der Waals surface area contributed by atoms with Crippen molar-refractivity contribution < 1.29 is 14.3 Å². The Labute approximate surface area is 189 Å². The zero-order valence-corrected chi connectivity index (χ0v) is 18.8. The van der Waals surface area contributed by atoms with Crippen LogP contribution in [0.15, 0.2) is 75.8 Å². The van der Waals surface area contributed by atoms with Crippen LogP contribution < -0.4 is 15.6 Å². The van der Waals surface area contributed by atoms with Crippen LogP contribution in [0.2, 0.25) is 0 Å². The van der Waals surface area contributed by atoms with Crippen molar-refractivity contribution in [1.82, 2.24) is 9.97 Å². The summed E-state index contributed by atoms with van der Waals surface area (Å²) < 4.78 is 10.9. The van der Waals surface area contributed by atoms with Gasteiger partial charge in [0.2, 0.25) is 0 Å². The Bertz CT molecular complexity index is 1220. The van der Waals surface area contributed by atoms with Gasteiger partial charge in [-0.25, -0.2) is 9.78 Å². The van der Waals surface area contributed by atoms with E-state index in [-0.39, 0.29) is 5.56 Å². The van der Waals surface area contributed by atoms with E-state index < -0.39 is 11.9 Å². The first kappa shape index (κ1) is 21.7. The molecule has 32 heavy (non-hydrogen) atoms. The number of H-pyrrole nitrogens is 1. The van der Waals surface area contributed by atoms with Gasteiger partial charge in [0.25, 0.3) is 5.56 Å². The number of aromatic nitrogens is 2. The molecule has 3 aromatic rings. The van der Waals surface area contributed by atoms with E-state index in [4.69, 9.17) is 9.47 Å². The first-order chi connectivity index (χ1) is 15.5. The lowest BCUT2D eigenvalue weighted by Gasteiger charge is -2.28. The SMILES string of the molecule is COC(=O)C1=C(C)Nc2nc(SC)[nH]c(=O)c2[C@@H]1c1ccc(OCc2ccccc2)cc1. The van der Waals surface area contributed by atoms with Crippen molar-refractivity contribution in [3.05, 3.63) is 92.9 Å². The summed E-state index contributed by atoms with van der Waals surface area (Å²) in [5, 5.41) is 3.60. The minimum Gasteiger partial charge on any atom is -0.489 e. The number of nitrogens with zero attached hydrogens (tertiary/aromatic N) is 1. The van der Waals surface area contributed by atoms with Crippen molar-refractivity contribution in [2.45, 2.75) is 24.6 Å². The van der Waals surface area contributed by atoms with Crippen LogP contribution in [-0.4, -0.2) is 29.3 Å². The Morgan fingerprint density at radius 3 is 2.50 bits per heavy atom. The van der Waals surface area contributed by atoms with E-state index >= 15 is 0 Å². The van der Waals surface area contributed by atoms with Crippen molar-refractivity contribution in [1.29, 1.82) is 0 Å². The Morgan fingerprint density at radius 1 is 1.12 bits per heavy atom. The third-order valence-corrected chi connectivity index (χ3v) is 5.86. The number of methoxy groups -OCH3 is 1. The van der Waals surface area contributed by atoms with Gasteiger partial charge in [-0.1, -0.05) is 54.2 Å². The van der Waals surface area contributed by atoms with Crippen LogP contribution in [0.5, 0.6) is 5.75 Å². The number of hydrogen-bond donors (Lipinski definition) is 2. The zero-order valence-electron chi connectivity index (χ0n) is 18.0. The molecule has 4 rings (SSSR count). The minimum absolute atomic E-state index is 0.296. The van der Waals surface area contributed by atoms with E-state index in [2.05, 4.69) is 15.3 Å². The predicted octanol–water partition coefficient (Wildman–Crippen LogP) is 4.08. The van der Waals surface area contributed by atoms with Crippen LogP contribution in [0.1, 0.15) is 29.5 Å². The molecule has 8 heteroatoms. The van der Waals surface area contributed by atoms with Gasteiger partial charge < -0.3 is 19.8 Å². The van der Waals surface area contributed by atoms with Gasteiger partial charge in [0.1, 0.15) is 18.2 Å². The van der Waals surface area contributed by atoms with E-state index in [0.29, 0.717) is 40.2 Å². The maximum Gasteiger partial charge on any atom is 0.336 e. The van der Waals surface area contributed by atoms with Gasteiger partial charge in [-0.2, -0.15) is 0 Å². The predicted molar refractivity (Wildman–Crippen MR) is 124 cm³/mol. The summed E-state index contributed by atoms with van der Waals surface area (Å²) in [6.07, 6.45) is 1.84. The third kappa shape index (κ3) is 4.27. The fourth-order valence-corrected chi connectivity index (χ4v) is 4.12. The highest BCUT2D eigenvalue weighted by Gasteiger charge is 2.36. The average molecular weight is 450 g/mol. The van der Waals surface area contributed by atoms with E-state index in [0.717, 1.165) is 11.1 Å². The molecule has 0 bridgehead atoms. The highest BCUT2D eigenvalue weighted by molar-refractivity contribution is 7.98. The summed E-state index contributed by atoms with van der Waals surface area (Å²) >= 11 is 1.34. The van der Waals surface area contributed by atoms with Gasteiger partial charge in [0.05, 0.1) is 24.2 Å². The molecular formula is C24H23N3O4S. The molecule has 0 radical (unpaired) electrons.